The fraction of sp³-hybridized carbons (Fsp3) is 0.389. The SMILES string of the molecule is COCCNC(=O)c1cc2n(n1)C[C@@H](NC(=O)Cc1cccc(F)c1)C2. The Morgan fingerprint density at radius 2 is 2.23 bits per heavy atom. The van der Waals surface area contributed by atoms with Crippen molar-refractivity contribution in [1.82, 2.24) is 20.4 Å². The Morgan fingerprint density at radius 3 is 2.96 bits per heavy atom. The van der Waals surface area contributed by atoms with Crippen LogP contribution in [0.4, 0.5) is 4.39 Å². The van der Waals surface area contributed by atoms with Gasteiger partial charge in [-0.25, -0.2) is 4.39 Å². The fourth-order valence-corrected chi connectivity index (χ4v) is 2.98. The van der Waals surface area contributed by atoms with E-state index in [1.54, 1.807) is 30.0 Å². The molecule has 3 rings (SSSR count). The van der Waals surface area contributed by atoms with Crippen LogP contribution >= 0.6 is 0 Å². The molecular formula is C18H21FN4O3. The van der Waals surface area contributed by atoms with E-state index in [2.05, 4.69) is 15.7 Å². The minimum absolute atomic E-state index is 0.0795. The molecule has 1 atom stereocenters. The number of rotatable bonds is 7. The molecule has 2 N–H and O–H groups in total. The van der Waals surface area contributed by atoms with E-state index in [1.807, 2.05) is 0 Å². The Morgan fingerprint density at radius 1 is 1.38 bits per heavy atom. The van der Waals surface area contributed by atoms with Crippen molar-refractivity contribution in [2.75, 3.05) is 20.3 Å². The van der Waals surface area contributed by atoms with Crippen LogP contribution in [0.1, 0.15) is 21.7 Å². The first-order chi connectivity index (χ1) is 12.5. The molecule has 0 spiro atoms. The second-order valence-corrected chi connectivity index (χ2v) is 6.23. The summed E-state index contributed by atoms with van der Waals surface area (Å²) in [5.41, 5.74) is 1.90. The minimum Gasteiger partial charge on any atom is -0.383 e. The highest BCUT2D eigenvalue weighted by Crippen LogP contribution is 2.16. The second kappa shape index (κ2) is 8.09. The number of benzene rings is 1. The van der Waals surface area contributed by atoms with Gasteiger partial charge in [0.25, 0.3) is 5.91 Å². The highest BCUT2D eigenvalue weighted by Gasteiger charge is 2.26. The molecule has 1 aliphatic rings. The van der Waals surface area contributed by atoms with Crippen molar-refractivity contribution in [3.05, 3.63) is 53.1 Å². The van der Waals surface area contributed by atoms with Gasteiger partial charge in [-0.05, 0) is 23.8 Å². The molecule has 1 aliphatic heterocycles. The zero-order valence-corrected chi connectivity index (χ0v) is 14.5. The van der Waals surface area contributed by atoms with Crippen LogP contribution in [-0.4, -0.2) is 47.9 Å². The van der Waals surface area contributed by atoms with Crippen molar-refractivity contribution in [3.63, 3.8) is 0 Å². The van der Waals surface area contributed by atoms with Crippen LogP contribution in [0.3, 0.4) is 0 Å². The van der Waals surface area contributed by atoms with Crippen LogP contribution in [0.15, 0.2) is 30.3 Å². The van der Waals surface area contributed by atoms with Crippen LogP contribution in [0.25, 0.3) is 0 Å². The summed E-state index contributed by atoms with van der Waals surface area (Å²) in [6.07, 6.45) is 0.733. The lowest BCUT2D eigenvalue weighted by Crippen LogP contribution is -2.37. The average Bonchev–Trinajstić information content (AvgIpc) is 3.13. The topological polar surface area (TPSA) is 85.2 Å². The van der Waals surface area contributed by atoms with Gasteiger partial charge in [0.2, 0.25) is 5.91 Å². The number of aromatic nitrogens is 2. The molecule has 0 saturated heterocycles. The molecule has 0 bridgehead atoms. The average molecular weight is 360 g/mol. The number of halogens is 1. The molecule has 7 nitrogen and oxygen atoms in total. The highest BCUT2D eigenvalue weighted by atomic mass is 19.1. The summed E-state index contributed by atoms with van der Waals surface area (Å²) in [4.78, 5) is 24.1. The Kier molecular flexibility index (Phi) is 5.62. The minimum atomic E-state index is -0.354. The lowest BCUT2D eigenvalue weighted by Gasteiger charge is -2.12. The van der Waals surface area contributed by atoms with Gasteiger partial charge in [0.15, 0.2) is 0 Å². The van der Waals surface area contributed by atoms with Crippen molar-refractivity contribution in [2.24, 2.45) is 0 Å². The molecule has 8 heteroatoms. The normalized spacial score (nSPS) is 15.5. The zero-order valence-electron chi connectivity index (χ0n) is 14.5. The van der Waals surface area contributed by atoms with E-state index in [0.29, 0.717) is 37.4 Å². The number of amides is 2. The molecule has 0 radical (unpaired) electrons. The first kappa shape index (κ1) is 18.1. The molecule has 1 aromatic carbocycles. The van der Waals surface area contributed by atoms with E-state index in [1.165, 1.54) is 12.1 Å². The number of methoxy groups -OCH3 is 1. The Hall–Kier alpha value is -2.74. The van der Waals surface area contributed by atoms with Crippen molar-refractivity contribution in [2.45, 2.75) is 25.4 Å². The van der Waals surface area contributed by atoms with Gasteiger partial charge in [0, 0.05) is 25.8 Å². The smallest absolute Gasteiger partial charge is 0.271 e. The maximum atomic E-state index is 13.2. The van der Waals surface area contributed by atoms with E-state index in [4.69, 9.17) is 4.74 Å². The van der Waals surface area contributed by atoms with Gasteiger partial charge in [-0.1, -0.05) is 12.1 Å². The quantitative estimate of drug-likeness (QED) is 0.711. The molecule has 0 saturated carbocycles. The molecule has 138 valence electrons. The molecule has 0 fully saturated rings. The van der Waals surface area contributed by atoms with Crippen molar-refractivity contribution in [1.29, 1.82) is 0 Å². The summed E-state index contributed by atoms with van der Waals surface area (Å²) in [5.74, 6) is -0.757. The first-order valence-corrected chi connectivity index (χ1v) is 8.43. The molecule has 0 unspecified atom stereocenters. The Bertz CT molecular complexity index is 782. The molecule has 0 aliphatic carbocycles. The van der Waals surface area contributed by atoms with Gasteiger partial charge in [-0.15, -0.1) is 0 Å². The Labute approximate surface area is 150 Å². The number of nitrogens with one attached hydrogen (secondary N) is 2. The van der Waals surface area contributed by atoms with E-state index >= 15 is 0 Å². The van der Waals surface area contributed by atoms with Crippen molar-refractivity contribution < 1.29 is 18.7 Å². The summed E-state index contributed by atoms with van der Waals surface area (Å²) in [6, 6.07) is 7.66. The number of ether oxygens (including phenoxy) is 1. The predicted molar refractivity (Wildman–Crippen MR) is 92.2 cm³/mol. The van der Waals surface area contributed by atoms with Gasteiger partial charge in [-0.2, -0.15) is 5.10 Å². The number of hydrogen-bond acceptors (Lipinski definition) is 4. The maximum Gasteiger partial charge on any atom is 0.271 e. The summed E-state index contributed by atoms with van der Waals surface area (Å²) >= 11 is 0. The second-order valence-electron chi connectivity index (χ2n) is 6.23. The number of nitrogens with zero attached hydrogens (tertiary/aromatic N) is 2. The van der Waals surface area contributed by atoms with Crippen LogP contribution < -0.4 is 10.6 Å². The molecule has 2 heterocycles. The van der Waals surface area contributed by atoms with Gasteiger partial charge in [-0.3, -0.25) is 14.3 Å². The van der Waals surface area contributed by atoms with Crippen LogP contribution in [0, 0.1) is 5.82 Å². The molecule has 2 aromatic rings. The van der Waals surface area contributed by atoms with Crippen molar-refractivity contribution >= 4 is 11.8 Å². The van der Waals surface area contributed by atoms with Gasteiger partial charge in [0.05, 0.1) is 25.6 Å². The van der Waals surface area contributed by atoms with Crippen LogP contribution in [0.5, 0.6) is 0 Å². The van der Waals surface area contributed by atoms with E-state index in [-0.39, 0.29) is 30.1 Å². The largest absolute Gasteiger partial charge is 0.383 e. The van der Waals surface area contributed by atoms with Gasteiger partial charge >= 0.3 is 0 Å². The van der Waals surface area contributed by atoms with Crippen LogP contribution in [-0.2, 0) is 28.9 Å². The third kappa shape index (κ3) is 4.45. The monoisotopic (exact) mass is 360 g/mol. The number of carbonyl (C=O) groups is 2. The van der Waals surface area contributed by atoms with E-state index in [9.17, 15) is 14.0 Å². The van der Waals surface area contributed by atoms with E-state index < -0.39 is 0 Å². The summed E-state index contributed by atoms with van der Waals surface area (Å²) < 4.78 is 19.8. The maximum absolute atomic E-state index is 13.2. The third-order valence-electron chi connectivity index (χ3n) is 4.16. The number of carbonyl (C=O) groups excluding carboxylic acids is 2. The Balaban J connectivity index is 1.50. The lowest BCUT2D eigenvalue weighted by atomic mass is 10.1. The summed E-state index contributed by atoms with van der Waals surface area (Å²) in [6.45, 7) is 1.38. The summed E-state index contributed by atoms with van der Waals surface area (Å²) in [7, 11) is 1.57. The standard InChI is InChI=1S/C18H21FN4O3/c1-26-6-5-20-18(25)16-10-15-9-14(11-23(15)22-16)21-17(24)8-12-3-2-4-13(19)7-12/h2-4,7,10,14H,5-6,8-9,11H2,1H3,(H,20,25)(H,21,24)/t14-/m0/s1. The van der Waals surface area contributed by atoms with E-state index in [0.717, 1.165) is 5.69 Å². The van der Waals surface area contributed by atoms with Crippen LogP contribution in [0.2, 0.25) is 0 Å². The lowest BCUT2D eigenvalue weighted by molar-refractivity contribution is -0.121. The third-order valence-corrected chi connectivity index (χ3v) is 4.16. The van der Waals surface area contributed by atoms with Gasteiger partial charge < -0.3 is 15.4 Å². The van der Waals surface area contributed by atoms with Crippen molar-refractivity contribution in [3.8, 4) is 0 Å². The summed E-state index contributed by atoms with van der Waals surface area (Å²) in [5, 5.41) is 9.94. The first-order valence-electron chi connectivity index (χ1n) is 8.43. The molecule has 1 aromatic heterocycles. The number of fused-ring (bicyclic) bond motifs is 1. The molecule has 2 amide bonds. The number of hydrogen-bond donors (Lipinski definition) is 2. The predicted octanol–water partition coefficient (Wildman–Crippen LogP) is 0.682. The molecule has 26 heavy (non-hydrogen) atoms. The highest BCUT2D eigenvalue weighted by molar-refractivity contribution is 5.92. The fourth-order valence-electron chi connectivity index (χ4n) is 2.98. The zero-order chi connectivity index (χ0) is 18.5. The molecular weight excluding hydrogens is 339 g/mol. The van der Waals surface area contributed by atoms with Gasteiger partial charge in [0.1, 0.15) is 11.5 Å².